The van der Waals surface area contributed by atoms with Crippen LogP contribution in [-0.4, -0.2) is 54.5 Å². The van der Waals surface area contributed by atoms with E-state index in [-0.39, 0.29) is 62.6 Å². The molecule has 8 nitrogen and oxygen atoms in total. The van der Waals surface area contributed by atoms with Crippen molar-refractivity contribution in [2.24, 2.45) is 23.7 Å². The smallest absolute Gasteiger partial charge is 0.491 e. The molecule has 370 valence electrons. The zero-order valence-corrected chi connectivity index (χ0v) is 44.9. The Morgan fingerprint density at radius 3 is 1.64 bits per heavy atom. The Morgan fingerprint density at radius 1 is 0.629 bits per heavy atom. The maximum atomic E-state index is 12.2. The van der Waals surface area contributed by atoms with Gasteiger partial charge in [0.1, 0.15) is 5.75 Å². The van der Waals surface area contributed by atoms with Crippen molar-refractivity contribution >= 4 is 89.9 Å². The molecule has 0 aliphatic heterocycles. The second kappa shape index (κ2) is 22.3. The number of rotatable bonds is 6. The molecule has 4 aliphatic rings. The summed E-state index contributed by atoms with van der Waals surface area (Å²) in [6, 6.07) is 25.7. The Morgan fingerprint density at radius 2 is 1.10 bits per heavy atom. The Balaban J connectivity index is 0.000000154. The van der Waals surface area contributed by atoms with Gasteiger partial charge in [0.05, 0.1) is 27.2 Å². The van der Waals surface area contributed by atoms with E-state index in [1.165, 1.54) is 17.3 Å². The molecule has 5 aromatic rings. The van der Waals surface area contributed by atoms with E-state index in [0.717, 1.165) is 62.9 Å². The van der Waals surface area contributed by atoms with Crippen LogP contribution in [0.3, 0.4) is 0 Å². The molecule has 0 saturated carbocycles. The fourth-order valence-electron chi connectivity index (χ4n) is 9.55. The van der Waals surface area contributed by atoms with Crippen LogP contribution in [0.4, 0.5) is 18.9 Å². The van der Waals surface area contributed by atoms with Crippen LogP contribution >= 0.6 is 55.1 Å². The number of fused-ring (bicyclic) bond motifs is 4. The molecule has 0 heterocycles. The van der Waals surface area contributed by atoms with Crippen LogP contribution < -0.4 is 14.4 Å². The molecule has 4 unspecified atom stereocenters. The fourth-order valence-corrected chi connectivity index (χ4v) is 11.3. The van der Waals surface area contributed by atoms with Gasteiger partial charge in [-0.2, -0.15) is 13.2 Å². The van der Waals surface area contributed by atoms with Gasteiger partial charge in [-0.25, -0.2) is 4.79 Å². The third-order valence-electron chi connectivity index (χ3n) is 12.9. The highest BCUT2D eigenvalue weighted by molar-refractivity contribution is 9.11. The highest BCUT2D eigenvalue weighted by Gasteiger charge is 2.43. The van der Waals surface area contributed by atoms with Crippen molar-refractivity contribution in [2.45, 2.75) is 99.3 Å². The summed E-state index contributed by atoms with van der Waals surface area (Å²) in [5, 5.41) is 1.13. The first-order valence-corrected chi connectivity index (χ1v) is 25.3. The number of methoxy groups -OCH3 is 1. The quantitative estimate of drug-likeness (QED) is 0.122. The lowest BCUT2D eigenvalue weighted by atomic mass is 10.0. The van der Waals surface area contributed by atoms with E-state index in [1.807, 2.05) is 51.1 Å². The average Bonchev–Trinajstić information content (AvgIpc) is 3.99. The minimum Gasteiger partial charge on any atom is -0.496 e. The fraction of sp³-hybridized carbons (Fsp3) is 0.364. The maximum absolute atomic E-state index is 12.2. The van der Waals surface area contributed by atoms with Gasteiger partial charge in [0.25, 0.3) is 0 Å². The minimum atomic E-state index is -5.10. The molecule has 0 saturated heterocycles. The molecule has 0 bridgehead atoms. The average molecular weight is 1130 g/mol. The lowest BCUT2D eigenvalue weighted by molar-refractivity contribution is -0.189. The summed E-state index contributed by atoms with van der Waals surface area (Å²) in [6.07, 6.45) is -2.27. The number of benzene rings is 5. The van der Waals surface area contributed by atoms with Crippen LogP contribution in [0.5, 0.6) is 11.5 Å². The lowest BCUT2D eigenvalue weighted by Crippen LogP contribution is -2.37. The summed E-state index contributed by atoms with van der Waals surface area (Å²) in [6.45, 7) is 16.3. The van der Waals surface area contributed by atoms with Crippen LogP contribution in [0.15, 0.2) is 87.8 Å². The SMILES string of the molecule is CC1Cc2c(N(C(C)C)C(C)C)ccc(Cl)c2C1=O.CC1Cc2ccc(-c3ccccc3)c(Br)c2C1=O.CC1Cc2ccc(Br)c(OC(=O)C(F)(F)F)c2C1=O.COc1ccc(Cl)c2c1CC(C)C2=O. The number of halogens is 7. The van der Waals surface area contributed by atoms with Gasteiger partial charge in [0.15, 0.2) is 28.9 Å². The molecule has 4 atom stereocenters. The van der Waals surface area contributed by atoms with E-state index in [1.54, 1.807) is 26.2 Å². The highest BCUT2D eigenvalue weighted by atomic mass is 79.9. The topological polar surface area (TPSA) is 107 Å². The van der Waals surface area contributed by atoms with Crippen molar-refractivity contribution in [2.75, 3.05) is 12.0 Å². The molecule has 0 aromatic heterocycles. The van der Waals surface area contributed by atoms with Crippen LogP contribution in [0.1, 0.15) is 119 Å². The number of hydrogen-bond acceptors (Lipinski definition) is 8. The maximum Gasteiger partial charge on any atom is 0.491 e. The number of Topliss-reactive ketones (excluding diaryl/α,β-unsaturated/α-hetero) is 4. The van der Waals surface area contributed by atoms with Gasteiger partial charge in [-0.3, -0.25) is 19.2 Å². The largest absolute Gasteiger partial charge is 0.496 e. The molecule has 70 heavy (non-hydrogen) atoms. The second-order valence-electron chi connectivity index (χ2n) is 18.6. The zero-order chi connectivity index (χ0) is 51.7. The van der Waals surface area contributed by atoms with Crippen molar-refractivity contribution in [3.63, 3.8) is 0 Å². The molecule has 5 aromatic carbocycles. The van der Waals surface area contributed by atoms with E-state index in [9.17, 15) is 37.1 Å². The number of ketones is 4. The van der Waals surface area contributed by atoms with E-state index in [0.29, 0.717) is 39.7 Å². The third-order valence-corrected chi connectivity index (χ3v) is 14.9. The summed E-state index contributed by atoms with van der Waals surface area (Å²) in [4.78, 5) is 61.3. The van der Waals surface area contributed by atoms with E-state index in [4.69, 9.17) is 27.9 Å². The van der Waals surface area contributed by atoms with Crippen molar-refractivity contribution in [1.29, 1.82) is 0 Å². The van der Waals surface area contributed by atoms with E-state index in [2.05, 4.69) is 99.5 Å². The summed E-state index contributed by atoms with van der Waals surface area (Å²) >= 11 is 18.8. The van der Waals surface area contributed by atoms with Gasteiger partial charge < -0.3 is 14.4 Å². The van der Waals surface area contributed by atoms with Gasteiger partial charge in [-0.05, 0) is 143 Å². The number of hydrogen-bond donors (Lipinski definition) is 0. The molecule has 4 aliphatic carbocycles. The molecule has 0 radical (unpaired) electrons. The molecule has 9 rings (SSSR count). The molecule has 0 spiro atoms. The number of anilines is 1. The Hall–Kier alpha value is -4.82. The summed E-state index contributed by atoms with van der Waals surface area (Å²) < 4.78 is 47.3. The van der Waals surface area contributed by atoms with Crippen LogP contribution in [-0.2, 0) is 30.5 Å². The van der Waals surface area contributed by atoms with Crippen LogP contribution in [0.25, 0.3) is 11.1 Å². The van der Waals surface area contributed by atoms with Crippen molar-refractivity contribution in [3.05, 3.63) is 142 Å². The van der Waals surface area contributed by atoms with Crippen molar-refractivity contribution < 1.29 is 46.6 Å². The summed E-state index contributed by atoms with van der Waals surface area (Å²) in [7, 11) is 1.61. The lowest BCUT2D eigenvalue weighted by Gasteiger charge is -2.34. The third kappa shape index (κ3) is 11.3. The number of nitrogens with zero attached hydrogens (tertiary/aromatic N) is 1. The first-order chi connectivity index (χ1) is 32.9. The monoisotopic (exact) mass is 1130 g/mol. The first-order valence-electron chi connectivity index (χ1n) is 23.0. The summed E-state index contributed by atoms with van der Waals surface area (Å²) in [5.41, 5.74) is 9.58. The van der Waals surface area contributed by atoms with Gasteiger partial charge in [-0.15, -0.1) is 0 Å². The molecule has 15 heteroatoms. The number of ether oxygens (including phenoxy) is 2. The number of esters is 1. The minimum absolute atomic E-state index is 0.0267. The van der Waals surface area contributed by atoms with Gasteiger partial charge >= 0.3 is 12.1 Å². The van der Waals surface area contributed by atoms with Gasteiger partial charge in [-0.1, -0.05) is 99.4 Å². The van der Waals surface area contributed by atoms with Crippen molar-refractivity contribution in [1.82, 2.24) is 0 Å². The van der Waals surface area contributed by atoms with Crippen LogP contribution in [0.2, 0.25) is 10.0 Å². The number of carbonyl (C=O) groups is 5. The molecular weight excluding hydrogens is 1070 g/mol. The summed E-state index contributed by atoms with van der Waals surface area (Å²) in [5.74, 6) is -1.80. The predicted molar refractivity (Wildman–Crippen MR) is 276 cm³/mol. The Labute approximate surface area is 433 Å². The van der Waals surface area contributed by atoms with Crippen LogP contribution in [0, 0.1) is 23.7 Å². The highest BCUT2D eigenvalue weighted by Crippen LogP contribution is 2.43. The first kappa shape index (κ1) is 54.5. The molecule has 0 fully saturated rings. The second-order valence-corrected chi connectivity index (χ2v) is 21.1. The number of alkyl halides is 3. The van der Waals surface area contributed by atoms with E-state index < -0.39 is 12.1 Å². The number of carbonyl (C=O) groups excluding carboxylic acids is 5. The Bertz CT molecular complexity index is 2860. The van der Waals surface area contributed by atoms with Gasteiger partial charge in [0.2, 0.25) is 0 Å². The zero-order valence-electron chi connectivity index (χ0n) is 40.2. The molecular formula is C55H54Br2Cl2F3NO7. The predicted octanol–water partition coefficient (Wildman–Crippen LogP) is 14.8. The van der Waals surface area contributed by atoms with Gasteiger partial charge in [0, 0.05) is 68.2 Å². The van der Waals surface area contributed by atoms with E-state index >= 15 is 0 Å². The molecule has 0 amide bonds. The normalized spacial score (nSPS) is 18.5. The van der Waals surface area contributed by atoms with Crippen molar-refractivity contribution in [3.8, 4) is 22.6 Å². The Kier molecular flexibility index (Phi) is 17.4. The molecule has 0 N–H and O–H groups in total. The standard InChI is InChI=1S/C16H13BrO.C16H22ClNO.C12H8BrF3O3.C11H11ClO2/c1-10-9-12-7-8-13(11-5-3-2-4-6-11)15(17)14(12)16(10)18;1-9(2)18(10(3)4)14-7-6-13(17)15-12(14)8-11(5)16(15)19;1-5-4-6-2-3-7(13)10(8(6)9(5)17)19-11(18)12(14,15)16;1-6-5-7-9(14-2)4-3-8(12)10(7)11(6)13/h2-8,10H,9H2,1H3;6-7,9-11H,8H2,1-5H3;2-3,5H,4H2,1H3;3-4,6H,5H2,1-2H3.